The fourth-order valence-electron chi connectivity index (χ4n) is 3.54. The Labute approximate surface area is 146 Å². The number of aromatic nitrogens is 1. The van der Waals surface area contributed by atoms with E-state index in [-0.39, 0.29) is 18.0 Å². The van der Waals surface area contributed by atoms with Crippen LogP contribution in [0.5, 0.6) is 0 Å². The molecular weight excluding hydrogens is 310 g/mol. The summed E-state index contributed by atoms with van der Waals surface area (Å²) in [6.45, 7) is 3.68. The fraction of sp³-hybridized carbons (Fsp3) is 0.182. The molecule has 0 aliphatic heterocycles. The van der Waals surface area contributed by atoms with Crippen LogP contribution < -0.4 is 0 Å². The molecule has 1 heterocycles. The Bertz CT molecular complexity index is 1040. The SMILES string of the molecule is CC1(C)CC(=O)C=C(c2ccccc2-c2ccc3cc[nH]c3c2)C1=O. The molecule has 1 N–H and O–H groups in total. The van der Waals surface area contributed by atoms with Gasteiger partial charge in [0.05, 0.1) is 0 Å². The average molecular weight is 329 g/mol. The van der Waals surface area contributed by atoms with Crippen LogP contribution in [0, 0.1) is 5.41 Å². The number of Topliss-reactive ketones (excluding diaryl/α,β-unsaturated/α-hetero) is 1. The molecule has 0 unspecified atom stereocenters. The zero-order chi connectivity index (χ0) is 17.6. The zero-order valence-electron chi connectivity index (χ0n) is 14.3. The van der Waals surface area contributed by atoms with Gasteiger partial charge in [-0.25, -0.2) is 0 Å². The number of fused-ring (bicyclic) bond motifs is 1. The van der Waals surface area contributed by atoms with E-state index in [0.29, 0.717) is 5.57 Å². The first-order valence-electron chi connectivity index (χ1n) is 8.42. The Morgan fingerprint density at radius 2 is 1.72 bits per heavy atom. The van der Waals surface area contributed by atoms with Crippen LogP contribution in [0.25, 0.3) is 27.6 Å². The lowest BCUT2D eigenvalue weighted by atomic mass is 9.73. The van der Waals surface area contributed by atoms with Crippen molar-refractivity contribution >= 4 is 28.0 Å². The maximum absolute atomic E-state index is 12.9. The Morgan fingerprint density at radius 1 is 0.960 bits per heavy atom. The number of ketones is 2. The highest BCUT2D eigenvalue weighted by atomic mass is 16.1. The first-order chi connectivity index (χ1) is 12.0. The van der Waals surface area contributed by atoms with E-state index in [4.69, 9.17) is 0 Å². The number of allylic oxidation sites excluding steroid dienone is 2. The number of carbonyl (C=O) groups excluding carboxylic acids is 2. The summed E-state index contributed by atoms with van der Waals surface area (Å²) in [4.78, 5) is 28.3. The van der Waals surface area contributed by atoms with Crippen molar-refractivity contribution in [2.24, 2.45) is 5.41 Å². The van der Waals surface area contributed by atoms with E-state index in [9.17, 15) is 9.59 Å². The van der Waals surface area contributed by atoms with Crippen LogP contribution >= 0.6 is 0 Å². The number of hydrogen-bond acceptors (Lipinski definition) is 2. The van der Waals surface area contributed by atoms with E-state index in [0.717, 1.165) is 27.6 Å². The molecule has 0 atom stereocenters. The van der Waals surface area contributed by atoms with Gasteiger partial charge < -0.3 is 4.98 Å². The summed E-state index contributed by atoms with van der Waals surface area (Å²) < 4.78 is 0. The first-order valence-corrected chi connectivity index (χ1v) is 8.42. The highest BCUT2D eigenvalue weighted by Gasteiger charge is 2.37. The third kappa shape index (κ3) is 2.62. The number of rotatable bonds is 2. The predicted molar refractivity (Wildman–Crippen MR) is 100 cm³/mol. The topological polar surface area (TPSA) is 49.9 Å². The van der Waals surface area contributed by atoms with E-state index < -0.39 is 5.41 Å². The van der Waals surface area contributed by atoms with Crippen molar-refractivity contribution in [3.63, 3.8) is 0 Å². The molecule has 1 aromatic heterocycles. The third-order valence-electron chi connectivity index (χ3n) is 4.86. The molecule has 1 aliphatic rings. The van der Waals surface area contributed by atoms with Gasteiger partial charge in [0.2, 0.25) is 0 Å². The Balaban J connectivity index is 1.90. The smallest absolute Gasteiger partial charge is 0.169 e. The Hall–Kier alpha value is -2.94. The van der Waals surface area contributed by atoms with Gasteiger partial charge in [0.25, 0.3) is 0 Å². The molecule has 25 heavy (non-hydrogen) atoms. The normalized spacial score (nSPS) is 17.0. The molecule has 4 rings (SSSR count). The maximum atomic E-state index is 12.9. The number of carbonyl (C=O) groups is 2. The first kappa shape index (κ1) is 15.6. The number of nitrogens with one attached hydrogen (secondary N) is 1. The Morgan fingerprint density at radius 3 is 2.52 bits per heavy atom. The zero-order valence-corrected chi connectivity index (χ0v) is 14.3. The van der Waals surface area contributed by atoms with Crippen molar-refractivity contribution in [3.8, 4) is 11.1 Å². The molecule has 2 aromatic carbocycles. The quantitative estimate of drug-likeness (QED) is 0.735. The molecule has 3 aromatic rings. The molecule has 1 aliphatic carbocycles. The second-order valence-electron chi connectivity index (χ2n) is 7.24. The van der Waals surface area contributed by atoms with Crippen LogP contribution in [-0.4, -0.2) is 16.6 Å². The van der Waals surface area contributed by atoms with Crippen molar-refractivity contribution in [2.75, 3.05) is 0 Å². The van der Waals surface area contributed by atoms with Gasteiger partial charge in [0.15, 0.2) is 11.6 Å². The van der Waals surface area contributed by atoms with Crippen molar-refractivity contribution in [1.82, 2.24) is 4.98 Å². The largest absolute Gasteiger partial charge is 0.361 e. The number of hydrogen-bond donors (Lipinski definition) is 1. The number of H-pyrrole nitrogens is 1. The molecule has 0 bridgehead atoms. The molecule has 0 spiro atoms. The van der Waals surface area contributed by atoms with Gasteiger partial charge in [-0.3, -0.25) is 9.59 Å². The van der Waals surface area contributed by atoms with Crippen LogP contribution in [0.1, 0.15) is 25.8 Å². The van der Waals surface area contributed by atoms with E-state index >= 15 is 0 Å². The second kappa shape index (κ2) is 5.55. The predicted octanol–water partition coefficient (Wildman–Crippen LogP) is 4.79. The lowest BCUT2D eigenvalue weighted by Crippen LogP contribution is -2.32. The fourth-order valence-corrected chi connectivity index (χ4v) is 3.54. The van der Waals surface area contributed by atoms with Gasteiger partial charge in [-0.05, 0) is 40.3 Å². The minimum absolute atomic E-state index is 0.00854. The summed E-state index contributed by atoms with van der Waals surface area (Å²) >= 11 is 0. The third-order valence-corrected chi connectivity index (χ3v) is 4.86. The van der Waals surface area contributed by atoms with E-state index in [1.54, 1.807) is 0 Å². The van der Waals surface area contributed by atoms with Gasteiger partial charge in [0.1, 0.15) is 0 Å². The van der Waals surface area contributed by atoms with Crippen LogP contribution in [-0.2, 0) is 9.59 Å². The molecule has 0 amide bonds. The van der Waals surface area contributed by atoms with Crippen LogP contribution in [0.3, 0.4) is 0 Å². The lowest BCUT2D eigenvalue weighted by molar-refractivity contribution is -0.127. The Kier molecular flexibility index (Phi) is 3.46. The second-order valence-corrected chi connectivity index (χ2v) is 7.24. The molecule has 0 radical (unpaired) electrons. The van der Waals surface area contributed by atoms with Crippen molar-refractivity contribution in [2.45, 2.75) is 20.3 Å². The molecule has 0 fully saturated rings. The van der Waals surface area contributed by atoms with Crippen LogP contribution in [0.4, 0.5) is 0 Å². The summed E-state index contributed by atoms with van der Waals surface area (Å²) in [5, 5.41) is 1.14. The summed E-state index contributed by atoms with van der Waals surface area (Å²) in [5.74, 6) is 0.0368. The monoisotopic (exact) mass is 329 g/mol. The summed E-state index contributed by atoms with van der Waals surface area (Å²) in [5.41, 5.74) is 3.72. The minimum atomic E-state index is -0.655. The summed E-state index contributed by atoms with van der Waals surface area (Å²) in [7, 11) is 0. The van der Waals surface area contributed by atoms with Gasteiger partial charge in [-0.1, -0.05) is 50.2 Å². The highest BCUT2D eigenvalue weighted by Crippen LogP contribution is 2.38. The standard InChI is InChI=1S/C22H19NO2/c1-22(2)13-16(24)12-19(21(22)25)18-6-4-3-5-17(18)15-8-7-14-9-10-23-20(14)11-15/h3-12,23H,13H2,1-2H3. The minimum Gasteiger partial charge on any atom is -0.361 e. The van der Waals surface area contributed by atoms with E-state index in [1.165, 1.54) is 6.08 Å². The van der Waals surface area contributed by atoms with Crippen molar-refractivity contribution < 1.29 is 9.59 Å². The molecule has 124 valence electrons. The van der Waals surface area contributed by atoms with Gasteiger partial charge in [0, 0.05) is 29.1 Å². The molecular formula is C22H19NO2. The summed E-state index contributed by atoms with van der Waals surface area (Å²) in [6, 6.07) is 16.0. The average Bonchev–Trinajstić information content (AvgIpc) is 3.05. The van der Waals surface area contributed by atoms with Gasteiger partial charge in [-0.15, -0.1) is 0 Å². The summed E-state index contributed by atoms with van der Waals surface area (Å²) in [6.07, 6.45) is 3.69. The van der Waals surface area contributed by atoms with Crippen LogP contribution in [0.2, 0.25) is 0 Å². The van der Waals surface area contributed by atoms with E-state index in [2.05, 4.69) is 23.2 Å². The molecule has 3 nitrogen and oxygen atoms in total. The van der Waals surface area contributed by atoms with Crippen molar-refractivity contribution in [3.05, 3.63) is 66.4 Å². The van der Waals surface area contributed by atoms with Crippen molar-refractivity contribution in [1.29, 1.82) is 0 Å². The van der Waals surface area contributed by atoms with Crippen LogP contribution in [0.15, 0.2) is 60.8 Å². The number of benzene rings is 2. The molecule has 0 saturated heterocycles. The lowest BCUT2D eigenvalue weighted by Gasteiger charge is -2.28. The highest BCUT2D eigenvalue weighted by molar-refractivity contribution is 6.31. The van der Waals surface area contributed by atoms with Gasteiger partial charge in [-0.2, -0.15) is 0 Å². The maximum Gasteiger partial charge on any atom is 0.169 e. The van der Waals surface area contributed by atoms with Gasteiger partial charge >= 0.3 is 0 Å². The number of aromatic amines is 1. The molecule has 3 heteroatoms. The van der Waals surface area contributed by atoms with E-state index in [1.807, 2.05) is 50.4 Å². The molecule has 0 saturated carbocycles.